The van der Waals surface area contributed by atoms with Crippen LogP contribution in [-0.2, 0) is 6.54 Å². The number of carbonyl (C=O) groups excluding carboxylic acids is 1. The van der Waals surface area contributed by atoms with Crippen LogP contribution in [0.2, 0.25) is 0 Å². The smallest absolute Gasteiger partial charge is 0.319 e. The molecule has 0 atom stereocenters. The molecule has 2 aromatic heterocycles. The zero-order valence-corrected chi connectivity index (χ0v) is 24.2. The molecule has 0 spiro atoms. The molecule has 0 N–H and O–H groups in total. The van der Waals surface area contributed by atoms with Gasteiger partial charge in [0.1, 0.15) is 11.5 Å². The second kappa shape index (κ2) is 11.6. The summed E-state index contributed by atoms with van der Waals surface area (Å²) in [7, 11) is 9.23. The Labute approximate surface area is 240 Å². The minimum absolute atomic E-state index is 0.146. The van der Waals surface area contributed by atoms with Gasteiger partial charge in [-0.05, 0) is 44.1 Å². The van der Waals surface area contributed by atoms with E-state index in [0.717, 1.165) is 37.4 Å². The normalized spacial score (nSPS) is 14.0. The molecule has 10 heteroatoms. The molecule has 9 nitrogen and oxygen atoms in total. The third-order valence-corrected chi connectivity index (χ3v) is 7.73. The van der Waals surface area contributed by atoms with Gasteiger partial charge in [-0.3, -0.25) is 4.40 Å². The molecule has 41 heavy (non-hydrogen) atoms. The number of piperidine rings is 1. The molecule has 0 radical (unpaired) electrons. The highest BCUT2D eigenvalue weighted by Crippen LogP contribution is 2.38. The first kappa shape index (κ1) is 28.1. The number of fused-ring (bicyclic) bond motifs is 1. The largest absolute Gasteiger partial charge is 0.342 e. The number of nitrogens with zero attached hydrogens (tertiary/aromatic N) is 8. The first-order valence-corrected chi connectivity index (χ1v) is 13.7. The van der Waals surface area contributed by atoms with Crippen LogP contribution in [0.1, 0.15) is 18.4 Å². The number of amides is 2. The van der Waals surface area contributed by atoms with Gasteiger partial charge >= 0.3 is 6.03 Å². The van der Waals surface area contributed by atoms with Gasteiger partial charge < -0.3 is 19.6 Å². The molecule has 3 heterocycles. The maximum Gasteiger partial charge on any atom is 0.319 e. The highest BCUT2D eigenvalue weighted by atomic mass is 19.1. The van der Waals surface area contributed by atoms with Gasteiger partial charge in [0, 0.05) is 64.8 Å². The van der Waals surface area contributed by atoms with Gasteiger partial charge in [-0.25, -0.2) is 24.0 Å². The summed E-state index contributed by atoms with van der Waals surface area (Å²) in [5.74, 6) is 0.387. The monoisotopic (exact) mass is 554 g/mol. The molecular formula is C31H35FN8O. The highest BCUT2D eigenvalue weighted by Gasteiger charge is 2.26. The quantitative estimate of drug-likeness (QED) is 0.299. The standard InChI is InChI=1S/C31H35FN8O/c1-33-24-11-9-21(10-12-24)28-27(22-7-8-23(26(32)19-22)20-38(6)31(41)37(4)5)29-34-15-18-40(29)30(35-28)39-16-13-25(14-17-39)36(2)3/h7-12,15,18-19,25H,13-14,16-17,20H2,2-6H3. The Kier molecular flexibility index (Phi) is 7.90. The van der Waals surface area contributed by atoms with Crippen molar-refractivity contribution in [2.75, 3.05) is 53.2 Å². The lowest BCUT2D eigenvalue weighted by atomic mass is 9.98. The zero-order chi connectivity index (χ0) is 29.3. The lowest BCUT2D eigenvalue weighted by Gasteiger charge is -2.36. The van der Waals surface area contributed by atoms with E-state index in [2.05, 4.69) is 28.7 Å². The molecule has 1 aliphatic rings. The predicted octanol–water partition coefficient (Wildman–Crippen LogP) is 5.40. The SMILES string of the molecule is [C-]#[N+]c1ccc(-c2nc(N3CCC(N(C)C)CC3)n3ccnc3c2-c2ccc(CN(C)C(=O)N(C)C)c(F)c2)cc1. The Balaban J connectivity index is 1.61. The fraction of sp³-hybridized carbons (Fsp3) is 0.355. The Morgan fingerprint density at radius 2 is 1.73 bits per heavy atom. The summed E-state index contributed by atoms with van der Waals surface area (Å²) < 4.78 is 17.5. The van der Waals surface area contributed by atoms with E-state index in [-0.39, 0.29) is 12.6 Å². The summed E-state index contributed by atoms with van der Waals surface area (Å²) in [6, 6.07) is 12.7. The van der Waals surface area contributed by atoms with E-state index in [1.165, 1.54) is 15.9 Å². The first-order chi connectivity index (χ1) is 19.7. The summed E-state index contributed by atoms with van der Waals surface area (Å²) in [5, 5.41) is 0. The number of rotatable bonds is 6. The van der Waals surface area contributed by atoms with Crippen LogP contribution in [0.25, 0.3) is 32.9 Å². The van der Waals surface area contributed by atoms with Crippen LogP contribution >= 0.6 is 0 Å². The van der Waals surface area contributed by atoms with Crippen molar-refractivity contribution >= 4 is 23.3 Å². The second-order valence-corrected chi connectivity index (χ2v) is 10.9. The van der Waals surface area contributed by atoms with Gasteiger partial charge in [0.05, 0.1) is 17.8 Å². The fourth-order valence-electron chi connectivity index (χ4n) is 5.43. The molecule has 1 fully saturated rings. The minimum Gasteiger partial charge on any atom is -0.342 e. The van der Waals surface area contributed by atoms with E-state index in [1.54, 1.807) is 45.5 Å². The van der Waals surface area contributed by atoms with E-state index in [0.29, 0.717) is 39.8 Å². The topological polar surface area (TPSA) is 64.6 Å². The summed E-state index contributed by atoms with van der Waals surface area (Å²) in [5.41, 5.74) is 4.48. The number of hydrogen-bond acceptors (Lipinski definition) is 5. The average Bonchev–Trinajstić information content (AvgIpc) is 3.47. The summed E-state index contributed by atoms with van der Waals surface area (Å²) in [6.45, 7) is 9.23. The van der Waals surface area contributed by atoms with E-state index in [1.807, 2.05) is 28.8 Å². The van der Waals surface area contributed by atoms with Gasteiger partial charge in [0.25, 0.3) is 0 Å². The summed E-state index contributed by atoms with van der Waals surface area (Å²) in [4.78, 5) is 33.2. The average molecular weight is 555 g/mol. The summed E-state index contributed by atoms with van der Waals surface area (Å²) in [6.07, 6.45) is 5.70. The van der Waals surface area contributed by atoms with Crippen molar-refractivity contribution in [2.24, 2.45) is 0 Å². The number of benzene rings is 2. The zero-order valence-electron chi connectivity index (χ0n) is 24.2. The van der Waals surface area contributed by atoms with Crippen LogP contribution in [0.5, 0.6) is 0 Å². The molecule has 4 aromatic rings. The Morgan fingerprint density at radius 1 is 1.05 bits per heavy atom. The van der Waals surface area contributed by atoms with Crippen LogP contribution < -0.4 is 4.90 Å². The van der Waals surface area contributed by atoms with Gasteiger partial charge in [0.15, 0.2) is 5.69 Å². The number of aromatic nitrogens is 3. The van der Waals surface area contributed by atoms with E-state index in [9.17, 15) is 4.79 Å². The molecule has 0 bridgehead atoms. The number of urea groups is 1. The maximum absolute atomic E-state index is 15.5. The molecule has 1 aliphatic heterocycles. The molecule has 1 saturated heterocycles. The van der Waals surface area contributed by atoms with Crippen molar-refractivity contribution in [3.63, 3.8) is 0 Å². The van der Waals surface area contributed by atoms with E-state index >= 15 is 4.39 Å². The number of carbonyl (C=O) groups is 1. The van der Waals surface area contributed by atoms with Crippen molar-refractivity contribution in [3.8, 4) is 22.4 Å². The third-order valence-electron chi connectivity index (χ3n) is 7.73. The molecule has 0 saturated carbocycles. The molecule has 0 aliphatic carbocycles. The van der Waals surface area contributed by atoms with Crippen molar-refractivity contribution in [1.82, 2.24) is 29.1 Å². The lowest BCUT2D eigenvalue weighted by Crippen LogP contribution is -2.43. The Hall–Kier alpha value is -4.49. The number of hydrogen-bond donors (Lipinski definition) is 0. The van der Waals surface area contributed by atoms with Gasteiger partial charge in [0.2, 0.25) is 5.95 Å². The van der Waals surface area contributed by atoms with Crippen molar-refractivity contribution in [3.05, 3.63) is 77.7 Å². The van der Waals surface area contributed by atoms with Gasteiger partial charge in [-0.1, -0.05) is 36.4 Å². The molecule has 212 valence electrons. The Bertz CT molecular complexity index is 1600. The number of imidazole rings is 1. The highest BCUT2D eigenvalue weighted by molar-refractivity contribution is 5.91. The van der Waals surface area contributed by atoms with Crippen LogP contribution in [0.15, 0.2) is 54.9 Å². The molecule has 2 aromatic carbocycles. The van der Waals surface area contributed by atoms with E-state index < -0.39 is 5.82 Å². The van der Waals surface area contributed by atoms with Gasteiger partial charge in [-0.2, -0.15) is 0 Å². The first-order valence-electron chi connectivity index (χ1n) is 13.7. The van der Waals surface area contributed by atoms with Gasteiger partial charge in [-0.15, -0.1) is 0 Å². The number of halogens is 1. The lowest BCUT2D eigenvalue weighted by molar-refractivity contribution is 0.179. The van der Waals surface area contributed by atoms with Crippen LogP contribution in [0.3, 0.4) is 0 Å². The van der Waals surface area contributed by atoms with Crippen LogP contribution in [0, 0.1) is 12.4 Å². The predicted molar refractivity (Wildman–Crippen MR) is 160 cm³/mol. The maximum atomic E-state index is 15.5. The van der Waals surface area contributed by atoms with Crippen LogP contribution in [-0.4, -0.2) is 89.5 Å². The Morgan fingerprint density at radius 3 is 2.34 bits per heavy atom. The van der Waals surface area contributed by atoms with Crippen molar-refractivity contribution < 1.29 is 9.18 Å². The van der Waals surface area contributed by atoms with Crippen molar-refractivity contribution in [2.45, 2.75) is 25.4 Å². The molecular weight excluding hydrogens is 519 g/mol. The third kappa shape index (κ3) is 5.58. The fourth-order valence-corrected chi connectivity index (χ4v) is 5.43. The number of anilines is 1. The minimum atomic E-state index is -0.408. The van der Waals surface area contributed by atoms with Crippen LogP contribution in [0.4, 0.5) is 20.8 Å². The van der Waals surface area contributed by atoms with E-state index in [4.69, 9.17) is 16.5 Å². The molecule has 0 unspecified atom stereocenters. The van der Waals surface area contributed by atoms with Crippen molar-refractivity contribution in [1.29, 1.82) is 0 Å². The molecule has 2 amide bonds. The summed E-state index contributed by atoms with van der Waals surface area (Å²) >= 11 is 0. The second-order valence-electron chi connectivity index (χ2n) is 10.9. The molecule has 5 rings (SSSR count).